The quantitative estimate of drug-likeness (QED) is 0.928. The SMILES string of the molecule is CN(C)c1ccc(C(N)Cc2cc(F)cc(F)c2)cc1. The molecule has 0 amide bonds. The van der Waals surface area contributed by atoms with Crippen LogP contribution in [0.1, 0.15) is 17.2 Å². The van der Waals surface area contributed by atoms with Gasteiger partial charge in [0, 0.05) is 31.9 Å². The van der Waals surface area contributed by atoms with Gasteiger partial charge in [0.2, 0.25) is 0 Å². The lowest BCUT2D eigenvalue weighted by Crippen LogP contribution is -2.14. The topological polar surface area (TPSA) is 29.3 Å². The van der Waals surface area contributed by atoms with E-state index < -0.39 is 11.6 Å². The normalized spacial score (nSPS) is 12.2. The molecule has 0 saturated carbocycles. The van der Waals surface area contributed by atoms with Crippen LogP contribution in [0.15, 0.2) is 42.5 Å². The van der Waals surface area contributed by atoms with Crippen molar-refractivity contribution < 1.29 is 8.78 Å². The fraction of sp³-hybridized carbons (Fsp3) is 0.250. The highest BCUT2D eigenvalue weighted by atomic mass is 19.1. The summed E-state index contributed by atoms with van der Waals surface area (Å²) < 4.78 is 26.3. The molecule has 0 saturated heterocycles. The van der Waals surface area contributed by atoms with Gasteiger partial charge < -0.3 is 10.6 Å². The van der Waals surface area contributed by atoms with Gasteiger partial charge in [-0.05, 0) is 41.8 Å². The number of hydrogen-bond donors (Lipinski definition) is 1. The molecule has 0 aliphatic heterocycles. The van der Waals surface area contributed by atoms with Gasteiger partial charge in [0.05, 0.1) is 0 Å². The van der Waals surface area contributed by atoms with Gasteiger partial charge in [-0.25, -0.2) is 8.78 Å². The Bertz CT molecular complexity index is 559. The zero-order valence-electron chi connectivity index (χ0n) is 11.6. The standard InChI is InChI=1S/C16H18F2N2/c1-20(2)15-5-3-12(4-6-15)16(19)9-11-7-13(17)10-14(18)8-11/h3-8,10,16H,9,19H2,1-2H3. The molecule has 0 fully saturated rings. The van der Waals surface area contributed by atoms with Crippen LogP contribution in [0, 0.1) is 11.6 Å². The van der Waals surface area contributed by atoms with Crippen LogP contribution in [0.3, 0.4) is 0 Å². The van der Waals surface area contributed by atoms with Crippen LogP contribution in [0.4, 0.5) is 14.5 Å². The second-order valence-corrected chi connectivity index (χ2v) is 5.07. The van der Waals surface area contributed by atoms with Crippen molar-refractivity contribution in [2.45, 2.75) is 12.5 Å². The molecule has 20 heavy (non-hydrogen) atoms. The van der Waals surface area contributed by atoms with E-state index in [4.69, 9.17) is 5.73 Å². The molecule has 1 atom stereocenters. The van der Waals surface area contributed by atoms with Crippen LogP contribution in [0.2, 0.25) is 0 Å². The van der Waals surface area contributed by atoms with E-state index in [0.717, 1.165) is 17.3 Å². The van der Waals surface area contributed by atoms with E-state index >= 15 is 0 Å². The lowest BCUT2D eigenvalue weighted by molar-refractivity contribution is 0.576. The third kappa shape index (κ3) is 3.54. The molecule has 2 nitrogen and oxygen atoms in total. The minimum absolute atomic E-state index is 0.285. The van der Waals surface area contributed by atoms with Gasteiger partial charge in [-0.1, -0.05) is 12.1 Å². The fourth-order valence-electron chi connectivity index (χ4n) is 2.12. The summed E-state index contributed by atoms with van der Waals surface area (Å²) in [6.45, 7) is 0. The Morgan fingerprint density at radius 3 is 2.05 bits per heavy atom. The number of rotatable bonds is 4. The molecule has 1 unspecified atom stereocenters. The number of anilines is 1. The second-order valence-electron chi connectivity index (χ2n) is 5.07. The first-order valence-corrected chi connectivity index (χ1v) is 6.43. The zero-order valence-corrected chi connectivity index (χ0v) is 11.6. The highest BCUT2D eigenvalue weighted by Gasteiger charge is 2.09. The van der Waals surface area contributed by atoms with E-state index in [1.54, 1.807) is 0 Å². The molecular formula is C16H18F2N2. The number of hydrogen-bond acceptors (Lipinski definition) is 2. The molecule has 0 radical (unpaired) electrons. The van der Waals surface area contributed by atoms with Crippen molar-refractivity contribution in [3.63, 3.8) is 0 Å². The maximum absolute atomic E-state index is 13.1. The highest BCUT2D eigenvalue weighted by Crippen LogP contribution is 2.20. The van der Waals surface area contributed by atoms with Crippen LogP contribution < -0.4 is 10.6 Å². The third-order valence-corrected chi connectivity index (χ3v) is 3.22. The van der Waals surface area contributed by atoms with Crippen LogP contribution in [0.5, 0.6) is 0 Å². The largest absolute Gasteiger partial charge is 0.378 e. The van der Waals surface area contributed by atoms with Gasteiger partial charge in [-0.15, -0.1) is 0 Å². The van der Waals surface area contributed by atoms with E-state index in [2.05, 4.69) is 0 Å². The summed E-state index contributed by atoms with van der Waals surface area (Å²) in [6, 6.07) is 11.0. The lowest BCUT2D eigenvalue weighted by Gasteiger charge is -2.16. The van der Waals surface area contributed by atoms with Gasteiger partial charge in [0.25, 0.3) is 0 Å². The average molecular weight is 276 g/mol. The highest BCUT2D eigenvalue weighted by molar-refractivity contribution is 5.46. The molecule has 0 aromatic heterocycles. The summed E-state index contributed by atoms with van der Waals surface area (Å²) in [5.41, 5.74) is 8.68. The Balaban J connectivity index is 2.13. The second kappa shape index (κ2) is 6.01. The third-order valence-electron chi connectivity index (χ3n) is 3.22. The average Bonchev–Trinajstić information content (AvgIpc) is 2.37. The van der Waals surface area contributed by atoms with Crippen molar-refractivity contribution in [1.82, 2.24) is 0 Å². The molecule has 4 heteroatoms. The number of nitrogens with two attached hydrogens (primary N) is 1. The first kappa shape index (κ1) is 14.5. The Hall–Kier alpha value is -1.94. The minimum atomic E-state index is -0.574. The van der Waals surface area contributed by atoms with Crippen molar-refractivity contribution >= 4 is 5.69 Å². The number of benzene rings is 2. The van der Waals surface area contributed by atoms with Gasteiger partial charge >= 0.3 is 0 Å². The molecule has 2 aromatic carbocycles. The smallest absolute Gasteiger partial charge is 0.126 e. The summed E-state index contributed by atoms with van der Waals surface area (Å²) in [5.74, 6) is -1.15. The Labute approximate surface area is 117 Å². The molecule has 0 heterocycles. The van der Waals surface area contributed by atoms with Crippen molar-refractivity contribution in [2.75, 3.05) is 19.0 Å². The Morgan fingerprint density at radius 1 is 1.00 bits per heavy atom. The molecule has 2 N–H and O–H groups in total. The van der Waals surface area contributed by atoms with Gasteiger partial charge in [0.15, 0.2) is 0 Å². The summed E-state index contributed by atoms with van der Waals surface area (Å²) >= 11 is 0. The number of halogens is 2. The van der Waals surface area contributed by atoms with E-state index in [-0.39, 0.29) is 6.04 Å². The lowest BCUT2D eigenvalue weighted by atomic mass is 9.99. The molecule has 0 aliphatic rings. The fourth-order valence-corrected chi connectivity index (χ4v) is 2.12. The molecule has 0 spiro atoms. The Kier molecular flexibility index (Phi) is 4.35. The summed E-state index contributed by atoms with van der Waals surface area (Å²) in [4.78, 5) is 2.00. The summed E-state index contributed by atoms with van der Waals surface area (Å²) in [7, 11) is 3.93. The van der Waals surface area contributed by atoms with E-state index in [1.165, 1.54) is 12.1 Å². The van der Waals surface area contributed by atoms with E-state index in [9.17, 15) is 8.78 Å². The van der Waals surface area contributed by atoms with Crippen LogP contribution >= 0.6 is 0 Å². The van der Waals surface area contributed by atoms with Crippen molar-refractivity contribution in [3.8, 4) is 0 Å². The van der Waals surface area contributed by atoms with Gasteiger partial charge in [0.1, 0.15) is 11.6 Å². The molecular weight excluding hydrogens is 258 g/mol. The van der Waals surface area contributed by atoms with E-state index in [1.807, 2.05) is 43.3 Å². The summed E-state index contributed by atoms with van der Waals surface area (Å²) in [5, 5.41) is 0. The predicted octanol–water partition coefficient (Wildman–Crippen LogP) is 3.27. The first-order chi connectivity index (χ1) is 9.45. The van der Waals surface area contributed by atoms with E-state index in [0.29, 0.717) is 12.0 Å². The van der Waals surface area contributed by atoms with Gasteiger partial charge in [-0.3, -0.25) is 0 Å². The monoisotopic (exact) mass is 276 g/mol. The molecule has 0 bridgehead atoms. The van der Waals surface area contributed by atoms with Crippen molar-refractivity contribution in [1.29, 1.82) is 0 Å². The minimum Gasteiger partial charge on any atom is -0.378 e. The predicted molar refractivity (Wildman–Crippen MR) is 77.8 cm³/mol. The van der Waals surface area contributed by atoms with Gasteiger partial charge in [-0.2, -0.15) is 0 Å². The molecule has 106 valence electrons. The van der Waals surface area contributed by atoms with Crippen LogP contribution in [-0.4, -0.2) is 14.1 Å². The first-order valence-electron chi connectivity index (χ1n) is 6.43. The summed E-state index contributed by atoms with van der Waals surface area (Å²) in [6.07, 6.45) is 0.399. The van der Waals surface area contributed by atoms with Crippen molar-refractivity contribution in [3.05, 3.63) is 65.2 Å². The zero-order chi connectivity index (χ0) is 14.7. The number of nitrogens with zero attached hydrogens (tertiary/aromatic N) is 1. The van der Waals surface area contributed by atoms with Crippen LogP contribution in [0.25, 0.3) is 0 Å². The maximum Gasteiger partial charge on any atom is 0.126 e. The van der Waals surface area contributed by atoms with Crippen molar-refractivity contribution in [2.24, 2.45) is 5.73 Å². The molecule has 2 rings (SSSR count). The molecule has 2 aromatic rings. The molecule has 0 aliphatic carbocycles. The maximum atomic E-state index is 13.1. The Morgan fingerprint density at radius 2 is 1.55 bits per heavy atom. The van der Waals surface area contributed by atoms with Crippen LogP contribution in [-0.2, 0) is 6.42 Å².